The topological polar surface area (TPSA) is 34.1 Å². The molecule has 0 spiro atoms. The van der Waals surface area contributed by atoms with Crippen LogP contribution in [0.2, 0.25) is 0 Å². The summed E-state index contributed by atoms with van der Waals surface area (Å²) in [6.45, 7) is 0. The van der Waals surface area contributed by atoms with Crippen LogP contribution in [-0.4, -0.2) is 16.2 Å². The Morgan fingerprint density at radius 3 is 2.67 bits per heavy atom. The van der Waals surface area contributed by atoms with Gasteiger partial charge in [-0.2, -0.15) is 0 Å². The van der Waals surface area contributed by atoms with Crippen molar-refractivity contribution in [1.29, 1.82) is 0 Å². The van der Waals surface area contributed by atoms with Crippen LogP contribution in [0.4, 0.5) is 0 Å². The Hall–Kier alpha value is -1.22. The molecule has 0 fully saturated rings. The lowest BCUT2D eigenvalue weighted by Gasteiger charge is -2.17. The van der Waals surface area contributed by atoms with E-state index in [2.05, 4.69) is 6.08 Å². The lowest BCUT2D eigenvalue weighted by atomic mass is 9.90. The minimum absolute atomic E-state index is 0.202. The number of carbonyl (C=O) groups excluding carboxylic acids is 1. The second kappa shape index (κ2) is 6.64. The maximum absolute atomic E-state index is 12.0. The molecule has 0 saturated heterocycles. The summed E-state index contributed by atoms with van der Waals surface area (Å²) in [6.07, 6.45) is 6.88. The van der Waals surface area contributed by atoms with E-state index in [1.54, 1.807) is 0 Å². The van der Waals surface area contributed by atoms with Crippen LogP contribution in [0, 0.1) is 5.92 Å². The van der Waals surface area contributed by atoms with Crippen molar-refractivity contribution in [2.24, 2.45) is 5.92 Å². The van der Waals surface area contributed by atoms with E-state index >= 15 is 0 Å². The highest BCUT2D eigenvalue weighted by Crippen LogP contribution is 2.24. The molecule has 2 unspecified atom stereocenters. The summed E-state index contributed by atoms with van der Waals surface area (Å²) in [4.78, 5) is 11.5. The fraction of sp³-hybridized carbons (Fsp3) is 0.400. The van der Waals surface area contributed by atoms with Crippen LogP contribution < -0.4 is 0 Å². The van der Waals surface area contributed by atoms with Gasteiger partial charge in [0, 0.05) is 16.6 Å². The van der Waals surface area contributed by atoms with Gasteiger partial charge in [-0.25, -0.2) is 0 Å². The van der Waals surface area contributed by atoms with E-state index < -0.39 is 10.8 Å². The van der Waals surface area contributed by atoms with Crippen LogP contribution in [0.5, 0.6) is 0 Å². The predicted octanol–water partition coefficient (Wildman–Crippen LogP) is 3.11. The normalized spacial score (nSPS) is 21.1. The molecule has 1 aromatic rings. The largest absolute Gasteiger partial charge is 0.303 e. The monoisotopic (exact) mass is 262 g/mol. The Morgan fingerprint density at radius 2 is 2.06 bits per heavy atom. The zero-order valence-electron chi connectivity index (χ0n) is 10.4. The average Bonchev–Trinajstić information content (AvgIpc) is 2.46. The molecule has 96 valence electrons. The first-order chi connectivity index (χ1) is 8.79. The van der Waals surface area contributed by atoms with Gasteiger partial charge >= 0.3 is 0 Å². The zero-order valence-corrected chi connectivity index (χ0v) is 11.2. The highest BCUT2D eigenvalue weighted by molar-refractivity contribution is 7.85. The first kappa shape index (κ1) is 13.2. The third-order valence-electron chi connectivity index (χ3n) is 3.35. The first-order valence-electron chi connectivity index (χ1n) is 6.36. The summed E-state index contributed by atoms with van der Waals surface area (Å²) in [5.41, 5.74) is 1.36. The smallest absolute Gasteiger partial charge is 0.123 e. The molecule has 1 aliphatic carbocycles. The molecule has 0 radical (unpaired) electrons. The van der Waals surface area contributed by atoms with Gasteiger partial charge in [-0.3, -0.25) is 4.21 Å². The molecular weight excluding hydrogens is 244 g/mol. The first-order valence-corrected chi connectivity index (χ1v) is 7.68. The van der Waals surface area contributed by atoms with Gasteiger partial charge in [-0.1, -0.05) is 29.8 Å². The molecule has 0 saturated carbocycles. The molecule has 3 heteroatoms. The van der Waals surface area contributed by atoms with E-state index in [0.29, 0.717) is 5.75 Å². The summed E-state index contributed by atoms with van der Waals surface area (Å²) in [5.74, 6) is 0.884. The van der Waals surface area contributed by atoms with E-state index in [9.17, 15) is 9.00 Å². The molecule has 1 aliphatic rings. The fourth-order valence-corrected chi connectivity index (χ4v) is 3.32. The Balaban J connectivity index is 1.84. The molecule has 1 aromatic carbocycles. The van der Waals surface area contributed by atoms with E-state index in [1.165, 1.54) is 5.57 Å². The summed E-state index contributed by atoms with van der Waals surface area (Å²) in [7, 11) is -0.906. The average molecular weight is 262 g/mol. The predicted molar refractivity (Wildman–Crippen MR) is 73.8 cm³/mol. The minimum atomic E-state index is -0.906. The van der Waals surface area contributed by atoms with Crippen LogP contribution in [0.15, 0.2) is 46.9 Å². The number of aldehydes is 1. The Labute approximate surface area is 111 Å². The lowest BCUT2D eigenvalue weighted by Crippen LogP contribution is -2.08. The van der Waals surface area contributed by atoms with Gasteiger partial charge in [0.15, 0.2) is 0 Å². The van der Waals surface area contributed by atoms with Crippen LogP contribution in [0.25, 0.3) is 0 Å². The number of hydrogen-bond acceptors (Lipinski definition) is 2. The van der Waals surface area contributed by atoms with Crippen molar-refractivity contribution in [3.8, 4) is 0 Å². The second-order valence-electron chi connectivity index (χ2n) is 4.65. The minimum Gasteiger partial charge on any atom is -0.303 e. The molecular formula is C15H18O2S. The van der Waals surface area contributed by atoms with Gasteiger partial charge in [0.2, 0.25) is 0 Å². The van der Waals surface area contributed by atoms with Gasteiger partial charge in [0.1, 0.15) is 6.29 Å². The Kier molecular flexibility index (Phi) is 4.88. The fourth-order valence-electron chi connectivity index (χ4n) is 2.17. The molecule has 0 N–H and O–H groups in total. The van der Waals surface area contributed by atoms with Crippen molar-refractivity contribution in [3.63, 3.8) is 0 Å². The third-order valence-corrected chi connectivity index (χ3v) is 4.73. The molecule has 0 amide bonds. The number of allylic oxidation sites excluding steroid dienone is 2. The molecule has 2 rings (SSSR count). The maximum atomic E-state index is 12.0. The van der Waals surface area contributed by atoms with Crippen molar-refractivity contribution >= 4 is 17.1 Å². The lowest BCUT2D eigenvalue weighted by molar-refractivity contribution is -0.111. The van der Waals surface area contributed by atoms with Crippen molar-refractivity contribution < 1.29 is 9.00 Å². The van der Waals surface area contributed by atoms with E-state index in [1.807, 2.05) is 30.3 Å². The third kappa shape index (κ3) is 3.64. The number of carbonyl (C=O) groups is 1. The van der Waals surface area contributed by atoms with Crippen LogP contribution in [0.1, 0.15) is 25.7 Å². The molecule has 0 heterocycles. The molecule has 18 heavy (non-hydrogen) atoms. The summed E-state index contributed by atoms with van der Waals surface area (Å²) >= 11 is 0. The Bertz CT molecular complexity index is 451. The highest BCUT2D eigenvalue weighted by atomic mass is 32.2. The summed E-state index contributed by atoms with van der Waals surface area (Å²) < 4.78 is 12.0. The van der Waals surface area contributed by atoms with Crippen LogP contribution in [0.3, 0.4) is 0 Å². The summed E-state index contributed by atoms with van der Waals surface area (Å²) in [5, 5.41) is 0. The van der Waals surface area contributed by atoms with Crippen molar-refractivity contribution in [3.05, 3.63) is 42.0 Å². The molecule has 0 aliphatic heterocycles. The number of benzene rings is 1. The molecule has 0 bridgehead atoms. The van der Waals surface area contributed by atoms with Gasteiger partial charge < -0.3 is 4.79 Å². The quantitative estimate of drug-likeness (QED) is 0.603. The van der Waals surface area contributed by atoms with Crippen LogP contribution >= 0.6 is 0 Å². The van der Waals surface area contributed by atoms with E-state index in [0.717, 1.165) is 36.9 Å². The van der Waals surface area contributed by atoms with E-state index in [4.69, 9.17) is 0 Å². The maximum Gasteiger partial charge on any atom is 0.123 e. The van der Waals surface area contributed by atoms with Crippen molar-refractivity contribution in [2.75, 3.05) is 5.75 Å². The van der Waals surface area contributed by atoms with E-state index in [-0.39, 0.29) is 5.92 Å². The molecule has 0 aromatic heterocycles. The number of rotatable bonds is 5. The molecule has 2 atom stereocenters. The standard InChI is InChI=1S/C15H18O2S/c16-12-14-8-6-13(7-9-14)10-11-18(17)15-4-2-1-3-5-15/h1-6,12,14H,7-11H2. The van der Waals surface area contributed by atoms with Gasteiger partial charge in [-0.05, 0) is 37.8 Å². The highest BCUT2D eigenvalue weighted by Gasteiger charge is 2.14. The van der Waals surface area contributed by atoms with Gasteiger partial charge in [0.25, 0.3) is 0 Å². The van der Waals surface area contributed by atoms with Crippen LogP contribution in [-0.2, 0) is 15.6 Å². The Morgan fingerprint density at radius 1 is 1.28 bits per heavy atom. The zero-order chi connectivity index (χ0) is 12.8. The van der Waals surface area contributed by atoms with Crippen molar-refractivity contribution in [2.45, 2.75) is 30.6 Å². The summed E-state index contributed by atoms with van der Waals surface area (Å²) in [6, 6.07) is 9.59. The van der Waals surface area contributed by atoms with Gasteiger partial charge in [-0.15, -0.1) is 0 Å². The number of hydrogen-bond donors (Lipinski definition) is 0. The second-order valence-corrected chi connectivity index (χ2v) is 6.22. The van der Waals surface area contributed by atoms with Gasteiger partial charge in [0.05, 0.1) is 10.8 Å². The van der Waals surface area contributed by atoms with Crippen molar-refractivity contribution in [1.82, 2.24) is 0 Å². The SMILES string of the molecule is O=CC1CC=C(CCS(=O)c2ccccc2)CC1. The molecule has 2 nitrogen and oxygen atoms in total.